The van der Waals surface area contributed by atoms with Crippen LogP contribution in [0.1, 0.15) is 31.9 Å². The average Bonchev–Trinajstić information content (AvgIpc) is 4.01. The molecule has 3 aliphatic rings. The molecule has 0 saturated carbocycles. The Hall–Kier alpha value is -7.12. The fraction of sp³-hybridized carbons (Fsp3) is 0.115. The molecule has 0 unspecified atom stereocenters. The predicted octanol–water partition coefficient (Wildman–Crippen LogP) is 11.9. The van der Waals surface area contributed by atoms with Gasteiger partial charge in [0, 0.05) is 56.4 Å². The zero-order valence-electron chi connectivity index (χ0n) is 33.2. The molecule has 0 atom stereocenters. The van der Waals surface area contributed by atoms with Gasteiger partial charge in [-0.3, -0.25) is 0 Å². The average molecular weight is 767 g/mol. The Labute approximate surface area is 342 Å². The van der Waals surface area contributed by atoms with E-state index in [1.54, 1.807) is 0 Å². The first-order valence-corrected chi connectivity index (χ1v) is 20.3. The van der Waals surface area contributed by atoms with Crippen LogP contribution >= 0.6 is 0 Å². The first-order valence-electron chi connectivity index (χ1n) is 20.3. The summed E-state index contributed by atoms with van der Waals surface area (Å²) >= 11 is 0. The van der Waals surface area contributed by atoms with Crippen molar-refractivity contribution in [1.82, 2.24) is 0 Å². The maximum absolute atomic E-state index is 6.51. The van der Waals surface area contributed by atoms with Crippen LogP contribution in [-0.2, 0) is 5.41 Å². The fourth-order valence-corrected chi connectivity index (χ4v) is 9.38. The maximum atomic E-state index is 6.51. The molecule has 0 bridgehead atoms. The van der Waals surface area contributed by atoms with Crippen LogP contribution in [0.25, 0.3) is 44.6 Å². The summed E-state index contributed by atoms with van der Waals surface area (Å²) in [6.45, 7) is 9.26. The van der Waals surface area contributed by atoms with Crippen molar-refractivity contribution < 1.29 is 18.3 Å². The number of hydrogen-bond donors (Lipinski definition) is 0. The maximum Gasteiger partial charge on any atom is 0.252 e. The summed E-state index contributed by atoms with van der Waals surface area (Å²) in [5, 5.41) is 2.17. The van der Waals surface area contributed by atoms with E-state index in [9.17, 15) is 0 Å². The molecule has 59 heavy (non-hydrogen) atoms. The van der Waals surface area contributed by atoms with Gasteiger partial charge in [0.1, 0.15) is 22.7 Å². The Morgan fingerprint density at radius 3 is 1.88 bits per heavy atom. The van der Waals surface area contributed by atoms with Gasteiger partial charge in [0.15, 0.2) is 11.5 Å². The fourth-order valence-electron chi connectivity index (χ4n) is 9.38. The Morgan fingerprint density at radius 2 is 1.17 bits per heavy atom. The van der Waals surface area contributed by atoms with E-state index in [4.69, 9.17) is 18.3 Å². The van der Waals surface area contributed by atoms with Crippen molar-refractivity contribution in [3.63, 3.8) is 0 Å². The minimum absolute atomic E-state index is 0.0438. The quantitative estimate of drug-likeness (QED) is 0.166. The zero-order valence-corrected chi connectivity index (χ0v) is 33.2. The number of aryl methyl sites for hydroxylation is 1. The lowest BCUT2D eigenvalue weighted by Crippen LogP contribution is -2.61. The van der Waals surface area contributed by atoms with Crippen LogP contribution < -0.4 is 35.7 Å². The van der Waals surface area contributed by atoms with Crippen LogP contribution in [0.3, 0.4) is 0 Å². The molecule has 7 heteroatoms. The topological polar surface area (TPSA) is 51.2 Å². The second-order valence-corrected chi connectivity index (χ2v) is 17.0. The van der Waals surface area contributed by atoms with Gasteiger partial charge in [-0.05, 0) is 113 Å². The number of fused-ring (bicyclic) bond motifs is 7. The van der Waals surface area contributed by atoms with Gasteiger partial charge in [0.25, 0.3) is 6.71 Å². The largest absolute Gasteiger partial charge is 0.456 e. The standard InChI is InChI=1S/C52H39BN2O4/c1-31-22-43-51-44(23-31)55(37-13-9-12-32(24-37)48-26-33-10-5-7-14-45(33)58-48)42-25-35(49-27-34-11-6-8-15-46(34)59-49)16-19-39(42)53(51)40-28-36(52(2,3)4)17-20-41(40)54(43)38-18-21-47-50(29-38)57-30-56-47/h5-29H,30H2,1-4H3. The molecule has 0 amide bonds. The summed E-state index contributed by atoms with van der Waals surface area (Å²) in [5.41, 5.74) is 16.5. The highest BCUT2D eigenvalue weighted by Gasteiger charge is 2.44. The number of anilines is 6. The van der Waals surface area contributed by atoms with Crippen LogP contribution in [0.5, 0.6) is 11.5 Å². The summed E-state index contributed by atoms with van der Waals surface area (Å²) in [4.78, 5) is 4.87. The molecular formula is C52H39BN2O4. The molecule has 284 valence electrons. The van der Waals surface area contributed by atoms with Gasteiger partial charge in [0.05, 0.1) is 5.69 Å². The molecule has 0 spiro atoms. The van der Waals surface area contributed by atoms with E-state index in [0.29, 0.717) is 0 Å². The SMILES string of the molecule is Cc1cc2c3c(c1)N(c1cccc(-c4cc5ccccc5o4)c1)c1cc(-c4cc5ccccc5o4)ccc1B3c1cc(C(C)(C)C)ccc1N2c1ccc2c(c1)OCO2. The van der Waals surface area contributed by atoms with Crippen molar-refractivity contribution >= 4 is 79.2 Å². The van der Waals surface area contributed by atoms with Crippen molar-refractivity contribution in [1.29, 1.82) is 0 Å². The Kier molecular flexibility index (Phi) is 7.16. The molecule has 7 aromatic carbocycles. The highest BCUT2D eigenvalue weighted by Crippen LogP contribution is 2.48. The molecule has 0 fully saturated rings. The van der Waals surface area contributed by atoms with E-state index in [-0.39, 0.29) is 18.9 Å². The van der Waals surface area contributed by atoms with Crippen molar-refractivity contribution in [2.24, 2.45) is 0 Å². The minimum Gasteiger partial charge on any atom is -0.456 e. The predicted molar refractivity (Wildman–Crippen MR) is 240 cm³/mol. The van der Waals surface area contributed by atoms with Crippen LogP contribution in [0.4, 0.5) is 34.1 Å². The van der Waals surface area contributed by atoms with Gasteiger partial charge in [0.2, 0.25) is 6.79 Å². The summed E-state index contributed by atoms with van der Waals surface area (Å²) in [6, 6.07) is 54.4. The number of ether oxygens (including phenoxy) is 2. The van der Waals surface area contributed by atoms with Crippen LogP contribution in [-0.4, -0.2) is 13.5 Å². The highest BCUT2D eigenvalue weighted by molar-refractivity contribution is 7.00. The van der Waals surface area contributed by atoms with Crippen LogP contribution in [0.2, 0.25) is 0 Å². The number of furan rings is 2. The lowest BCUT2D eigenvalue weighted by atomic mass is 9.33. The lowest BCUT2D eigenvalue weighted by molar-refractivity contribution is 0.174. The summed E-state index contributed by atoms with van der Waals surface area (Å²) in [5.74, 6) is 3.20. The molecule has 12 rings (SSSR count). The molecule has 0 aliphatic carbocycles. The second kappa shape index (κ2) is 12.4. The Bertz CT molecular complexity index is 3120. The molecule has 6 nitrogen and oxygen atoms in total. The molecule has 2 aromatic heterocycles. The van der Waals surface area contributed by atoms with E-state index in [1.165, 1.54) is 22.0 Å². The smallest absolute Gasteiger partial charge is 0.252 e. The van der Waals surface area contributed by atoms with E-state index in [1.807, 2.05) is 30.3 Å². The first-order chi connectivity index (χ1) is 28.7. The van der Waals surface area contributed by atoms with Gasteiger partial charge in [-0.2, -0.15) is 0 Å². The molecular weight excluding hydrogens is 727 g/mol. The van der Waals surface area contributed by atoms with E-state index >= 15 is 0 Å². The summed E-state index contributed by atoms with van der Waals surface area (Å²) in [7, 11) is 0. The van der Waals surface area contributed by atoms with Crippen molar-refractivity contribution in [3.05, 3.63) is 163 Å². The lowest BCUT2D eigenvalue weighted by Gasteiger charge is -2.45. The minimum atomic E-state index is -0.0548. The number of hydrogen-bond acceptors (Lipinski definition) is 6. The van der Waals surface area contributed by atoms with Crippen molar-refractivity contribution in [3.8, 4) is 34.1 Å². The third kappa shape index (κ3) is 5.27. The molecule has 9 aromatic rings. The van der Waals surface area contributed by atoms with Crippen molar-refractivity contribution in [2.75, 3.05) is 16.6 Å². The third-order valence-corrected chi connectivity index (χ3v) is 12.2. The van der Waals surface area contributed by atoms with Crippen molar-refractivity contribution in [2.45, 2.75) is 33.1 Å². The molecule has 3 aliphatic heterocycles. The molecule has 0 radical (unpaired) electrons. The van der Waals surface area contributed by atoms with Gasteiger partial charge in [-0.1, -0.05) is 93.6 Å². The van der Waals surface area contributed by atoms with E-state index in [2.05, 4.69) is 159 Å². The number of nitrogens with zero attached hydrogens (tertiary/aromatic N) is 2. The van der Waals surface area contributed by atoms with Gasteiger partial charge in [-0.15, -0.1) is 0 Å². The number of para-hydroxylation sites is 2. The molecule has 0 N–H and O–H groups in total. The first kappa shape index (κ1) is 34.0. The van der Waals surface area contributed by atoms with Gasteiger partial charge < -0.3 is 28.1 Å². The monoisotopic (exact) mass is 766 g/mol. The number of benzene rings is 7. The highest BCUT2D eigenvalue weighted by atomic mass is 16.7. The summed E-state index contributed by atoms with van der Waals surface area (Å²) in [6.07, 6.45) is 0. The molecule has 5 heterocycles. The third-order valence-electron chi connectivity index (χ3n) is 12.2. The zero-order chi connectivity index (χ0) is 39.6. The van der Waals surface area contributed by atoms with E-state index in [0.717, 1.165) is 95.8 Å². The second-order valence-electron chi connectivity index (χ2n) is 17.0. The van der Waals surface area contributed by atoms with Crippen LogP contribution in [0.15, 0.2) is 160 Å². The Morgan fingerprint density at radius 1 is 0.508 bits per heavy atom. The van der Waals surface area contributed by atoms with Gasteiger partial charge in [-0.25, -0.2) is 0 Å². The molecule has 0 saturated heterocycles. The van der Waals surface area contributed by atoms with Crippen LogP contribution in [0, 0.1) is 6.92 Å². The number of rotatable bonds is 4. The van der Waals surface area contributed by atoms with E-state index < -0.39 is 0 Å². The normalized spacial score (nSPS) is 13.9. The summed E-state index contributed by atoms with van der Waals surface area (Å²) < 4.78 is 24.7. The Balaban J connectivity index is 1.13. The van der Waals surface area contributed by atoms with Gasteiger partial charge >= 0.3 is 0 Å².